The Kier molecular flexibility index (Phi) is 11.5. The molecule has 1 heterocycles. The summed E-state index contributed by atoms with van der Waals surface area (Å²) in [5.41, 5.74) is -1.32. The normalized spacial score (nSPS) is 22.3. The van der Waals surface area contributed by atoms with Gasteiger partial charge in [-0.3, -0.25) is 24.0 Å². The highest BCUT2D eigenvalue weighted by molar-refractivity contribution is 6.38. The summed E-state index contributed by atoms with van der Waals surface area (Å²) in [6, 6.07) is -6.35. The summed E-state index contributed by atoms with van der Waals surface area (Å²) < 4.78 is 40.3. The highest BCUT2D eigenvalue weighted by Gasteiger charge is 2.70. The van der Waals surface area contributed by atoms with E-state index in [9.17, 15) is 41.9 Å². The van der Waals surface area contributed by atoms with Crippen molar-refractivity contribution in [2.24, 2.45) is 28.6 Å². The Labute approximate surface area is 262 Å². The number of likely N-dealkylation sites (N-methyl/N-ethyl adjacent to an activating group) is 1. The van der Waals surface area contributed by atoms with Gasteiger partial charge >= 0.3 is 12.2 Å². The van der Waals surface area contributed by atoms with E-state index in [-0.39, 0.29) is 30.8 Å². The lowest BCUT2D eigenvalue weighted by atomic mass is 9.85. The van der Waals surface area contributed by atoms with Crippen LogP contribution in [0.15, 0.2) is 12.7 Å². The van der Waals surface area contributed by atoms with Crippen LogP contribution < -0.4 is 21.3 Å². The topological polar surface area (TPSA) is 157 Å². The first-order valence-electron chi connectivity index (χ1n) is 14.8. The second kappa shape index (κ2) is 13.8. The molecule has 1 saturated carbocycles. The van der Waals surface area contributed by atoms with Crippen LogP contribution in [0.4, 0.5) is 18.0 Å². The summed E-state index contributed by atoms with van der Waals surface area (Å²) in [6.07, 6.45) is -5.44. The summed E-state index contributed by atoms with van der Waals surface area (Å²) >= 11 is 0. The van der Waals surface area contributed by atoms with Crippen molar-refractivity contribution < 1.29 is 41.9 Å². The summed E-state index contributed by atoms with van der Waals surface area (Å²) in [4.78, 5) is 80.9. The lowest BCUT2D eigenvalue weighted by Crippen LogP contribution is -2.62. The van der Waals surface area contributed by atoms with Gasteiger partial charge in [0.25, 0.3) is 5.91 Å². The first kappa shape index (κ1) is 37.5. The van der Waals surface area contributed by atoms with Crippen molar-refractivity contribution in [1.29, 1.82) is 0 Å². The molecule has 2 rings (SSSR count). The molecule has 6 amide bonds. The molecule has 2 fully saturated rings. The maximum Gasteiger partial charge on any atom is 0.391 e. The Balaban J connectivity index is 2.37. The molecule has 15 heteroatoms. The third kappa shape index (κ3) is 8.97. The van der Waals surface area contributed by atoms with Gasteiger partial charge in [-0.05, 0) is 28.6 Å². The van der Waals surface area contributed by atoms with Crippen molar-refractivity contribution in [3.05, 3.63) is 12.7 Å². The Morgan fingerprint density at radius 3 is 2.07 bits per heavy atom. The van der Waals surface area contributed by atoms with E-state index in [1.807, 2.05) is 13.8 Å². The van der Waals surface area contributed by atoms with Crippen LogP contribution in [0.1, 0.15) is 54.9 Å². The summed E-state index contributed by atoms with van der Waals surface area (Å²) in [7, 11) is 3.09. The molecule has 254 valence electrons. The Bertz CT molecular complexity index is 1200. The van der Waals surface area contributed by atoms with Crippen LogP contribution in [0.2, 0.25) is 0 Å². The van der Waals surface area contributed by atoms with E-state index >= 15 is 0 Å². The van der Waals surface area contributed by atoms with Crippen LogP contribution in [0, 0.1) is 28.6 Å². The van der Waals surface area contributed by atoms with E-state index in [2.05, 4.69) is 27.8 Å². The number of hydrogen-bond donors (Lipinski definition) is 4. The van der Waals surface area contributed by atoms with Gasteiger partial charge in [-0.2, -0.15) is 13.2 Å². The van der Waals surface area contributed by atoms with Crippen molar-refractivity contribution >= 4 is 35.4 Å². The van der Waals surface area contributed by atoms with Gasteiger partial charge in [-0.25, -0.2) is 4.79 Å². The standard InChI is InChI=1S/C30H47F3N6O6/c1-11-12-34-24(42)21(40)17(13-30(31,32)33)35-23(41)20-18-16(29(18,7)8)14-39(20)26(44)22(28(4,5)6)37-27(45)36-19(15(2)3)25(43)38(9)10/h11,15-20,22H,1,12-14H2,2-10H3,(H,34,42)(H,35,41)(H2,36,37,45)/t16-,17?,18-,19-,20-,22+/m0/s1. The predicted molar refractivity (Wildman–Crippen MR) is 159 cm³/mol. The van der Waals surface area contributed by atoms with Gasteiger partial charge in [0, 0.05) is 27.2 Å². The number of carbonyl (C=O) groups excluding carboxylic acids is 6. The number of likely N-dealkylation sites (tertiary alicyclic amines) is 1. The van der Waals surface area contributed by atoms with Crippen molar-refractivity contribution in [3.8, 4) is 0 Å². The fraction of sp³-hybridized carbons (Fsp3) is 0.733. The number of halogens is 3. The first-order valence-corrected chi connectivity index (χ1v) is 14.8. The fourth-order valence-corrected chi connectivity index (χ4v) is 5.84. The molecule has 0 spiro atoms. The van der Waals surface area contributed by atoms with Crippen LogP contribution in [0.5, 0.6) is 0 Å². The van der Waals surface area contributed by atoms with Crippen molar-refractivity contribution in [2.75, 3.05) is 27.2 Å². The van der Waals surface area contributed by atoms with E-state index in [4.69, 9.17) is 0 Å². The number of piperidine rings is 1. The predicted octanol–water partition coefficient (Wildman–Crippen LogP) is 1.60. The minimum absolute atomic E-state index is 0.0932. The van der Waals surface area contributed by atoms with Gasteiger partial charge in [0.1, 0.15) is 24.2 Å². The number of carbonyl (C=O) groups is 6. The van der Waals surface area contributed by atoms with Crippen LogP contribution in [-0.2, 0) is 24.0 Å². The number of alkyl halides is 3. The lowest BCUT2D eigenvalue weighted by molar-refractivity contribution is -0.155. The van der Waals surface area contributed by atoms with Gasteiger partial charge in [0.2, 0.25) is 23.5 Å². The van der Waals surface area contributed by atoms with Gasteiger partial charge in [-0.15, -0.1) is 6.58 Å². The zero-order valence-electron chi connectivity index (χ0n) is 27.4. The third-order valence-electron chi connectivity index (χ3n) is 8.51. The van der Waals surface area contributed by atoms with Crippen molar-refractivity contribution in [2.45, 2.75) is 85.2 Å². The van der Waals surface area contributed by atoms with Crippen LogP contribution in [-0.4, -0.2) is 103 Å². The number of nitrogens with one attached hydrogen (secondary N) is 4. The Hall–Kier alpha value is -3.65. The molecule has 12 nitrogen and oxygen atoms in total. The largest absolute Gasteiger partial charge is 0.391 e. The molecule has 0 aromatic carbocycles. The molecule has 0 radical (unpaired) electrons. The number of hydrogen-bond acceptors (Lipinski definition) is 6. The SMILES string of the molecule is C=CCNC(=O)C(=O)C(CC(F)(F)F)NC(=O)[C@@H]1[C@@H]2[C@H](CN1C(=O)[C@@H](NC(=O)N[C@H](C(=O)N(C)C)C(C)C)C(C)(C)C)C2(C)C. The fourth-order valence-electron chi connectivity index (χ4n) is 5.84. The number of amides is 6. The zero-order chi connectivity index (χ0) is 34.8. The molecular formula is C30H47F3N6O6. The molecule has 1 aliphatic heterocycles. The Morgan fingerprint density at radius 1 is 1.02 bits per heavy atom. The summed E-state index contributed by atoms with van der Waals surface area (Å²) in [5, 5.41) is 9.48. The van der Waals surface area contributed by atoms with E-state index in [0.717, 1.165) is 0 Å². The lowest BCUT2D eigenvalue weighted by Gasteiger charge is -2.38. The quantitative estimate of drug-likeness (QED) is 0.187. The molecule has 1 saturated heterocycles. The average molecular weight is 645 g/mol. The molecule has 1 aliphatic carbocycles. The second-order valence-corrected chi connectivity index (χ2v) is 14.0. The Morgan fingerprint density at radius 2 is 1.60 bits per heavy atom. The first-order chi connectivity index (χ1) is 20.4. The highest BCUT2D eigenvalue weighted by Crippen LogP contribution is 2.65. The van der Waals surface area contributed by atoms with Crippen LogP contribution in [0.25, 0.3) is 0 Å². The van der Waals surface area contributed by atoms with Gasteiger partial charge < -0.3 is 31.1 Å². The molecule has 45 heavy (non-hydrogen) atoms. The number of ketones is 1. The monoisotopic (exact) mass is 644 g/mol. The van der Waals surface area contributed by atoms with Gasteiger partial charge in [-0.1, -0.05) is 54.5 Å². The smallest absolute Gasteiger partial charge is 0.347 e. The molecular weight excluding hydrogens is 597 g/mol. The van der Waals surface area contributed by atoms with E-state index in [1.165, 1.54) is 15.9 Å². The average Bonchev–Trinajstić information content (AvgIpc) is 3.21. The minimum atomic E-state index is -4.89. The highest BCUT2D eigenvalue weighted by atomic mass is 19.4. The van der Waals surface area contributed by atoms with E-state index < -0.39 is 83.0 Å². The maximum absolute atomic E-state index is 14.1. The summed E-state index contributed by atoms with van der Waals surface area (Å²) in [5.74, 6) is -5.68. The zero-order valence-corrected chi connectivity index (χ0v) is 27.4. The van der Waals surface area contributed by atoms with Crippen LogP contribution >= 0.6 is 0 Å². The van der Waals surface area contributed by atoms with Crippen LogP contribution in [0.3, 0.4) is 0 Å². The third-order valence-corrected chi connectivity index (χ3v) is 8.51. The van der Waals surface area contributed by atoms with E-state index in [1.54, 1.807) is 48.7 Å². The molecule has 4 N–H and O–H groups in total. The van der Waals surface area contributed by atoms with E-state index in [0.29, 0.717) is 0 Å². The molecule has 2 aliphatic rings. The number of rotatable bonds is 12. The number of urea groups is 1. The van der Waals surface area contributed by atoms with Crippen molar-refractivity contribution in [1.82, 2.24) is 31.1 Å². The second-order valence-electron chi connectivity index (χ2n) is 14.0. The summed E-state index contributed by atoms with van der Waals surface area (Å²) in [6.45, 7) is 15.6. The number of Topliss-reactive ketones (excluding diaryl/α,β-unsaturated/α-hetero) is 1. The minimum Gasteiger partial charge on any atom is -0.347 e. The van der Waals surface area contributed by atoms with Crippen molar-refractivity contribution in [3.63, 3.8) is 0 Å². The number of fused-ring (bicyclic) bond motifs is 1. The molecule has 6 atom stereocenters. The number of nitrogens with zero attached hydrogens (tertiary/aromatic N) is 2. The maximum atomic E-state index is 14.1. The van der Waals surface area contributed by atoms with Gasteiger partial charge in [0.05, 0.1) is 6.42 Å². The molecule has 0 aromatic rings. The molecule has 1 unspecified atom stereocenters. The molecule has 0 bridgehead atoms. The molecule has 0 aromatic heterocycles. The van der Waals surface area contributed by atoms with Gasteiger partial charge in [0.15, 0.2) is 0 Å².